The van der Waals surface area contributed by atoms with Crippen molar-refractivity contribution in [2.75, 3.05) is 5.32 Å². The molecule has 7 nitrogen and oxygen atoms in total. The number of rotatable bonds is 12. The minimum absolute atomic E-state index is 0.102. The van der Waals surface area contributed by atoms with Crippen LogP contribution in [0.3, 0.4) is 0 Å². The van der Waals surface area contributed by atoms with Gasteiger partial charge in [-0.15, -0.1) is 0 Å². The van der Waals surface area contributed by atoms with Crippen molar-refractivity contribution < 1.29 is 19.5 Å². The maximum absolute atomic E-state index is 12.7. The summed E-state index contributed by atoms with van der Waals surface area (Å²) < 4.78 is 0. The number of carboxylic acid groups (broad SMARTS) is 1. The normalized spacial score (nSPS) is 18.2. The number of allylic oxidation sites excluding steroid dienone is 2. The zero-order valence-corrected chi connectivity index (χ0v) is 19.1. The van der Waals surface area contributed by atoms with Gasteiger partial charge in [0.25, 0.3) is 0 Å². The van der Waals surface area contributed by atoms with Gasteiger partial charge < -0.3 is 10.4 Å². The second-order valence-corrected chi connectivity index (χ2v) is 8.31. The number of unbranched alkanes of at least 4 members (excludes halogenated alkanes) is 5. The van der Waals surface area contributed by atoms with E-state index < -0.39 is 17.8 Å². The molecule has 1 aromatic carbocycles. The number of nitrogens with zero attached hydrogens (tertiary/aromatic N) is 1. The van der Waals surface area contributed by atoms with Crippen molar-refractivity contribution in [1.29, 1.82) is 0 Å². The minimum atomic E-state index is -0.956. The van der Waals surface area contributed by atoms with Crippen LogP contribution in [0, 0.1) is 11.8 Å². The molecule has 0 bridgehead atoms. The van der Waals surface area contributed by atoms with Gasteiger partial charge in [-0.3, -0.25) is 14.4 Å². The zero-order valence-electron chi connectivity index (χ0n) is 19.1. The summed E-state index contributed by atoms with van der Waals surface area (Å²) in [6, 6.07) is 7.15. The third kappa shape index (κ3) is 8.29. The summed E-state index contributed by atoms with van der Waals surface area (Å²) in [5, 5.41) is 16.4. The number of benzene rings is 1. The summed E-state index contributed by atoms with van der Waals surface area (Å²) in [6.07, 6.45) is 11.6. The highest BCUT2D eigenvalue weighted by Gasteiger charge is 2.33. The Hall–Kier alpha value is -2.96. The highest BCUT2D eigenvalue weighted by Crippen LogP contribution is 2.27. The fourth-order valence-corrected chi connectivity index (χ4v) is 3.77. The van der Waals surface area contributed by atoms with E-state index >= 15 is 0 Å². The van der Waals surface area contributed by atoms with Crippen molar-refractivity contribution in [2.45, 2.75) is 71.6 Å². The molecule has 32 heavy (non-hydrogen) atoms. The molecule has 2 rings (SSSR count). The van der Waals surface area contributed by atoms with E-state index in [2.05, 4.69) is 22.8 Å². The van der Waals surface area contributed by atoms with Gasteiger partial charge in [0.2, 0.25) is 11.8 Å². The number of hydrogen-bond acceptors (Lipinski definition) is 4. The quantitative estimate of drug-likeness (QED) is 0.186. The molecule has 174 valence electrons. The van der Waals surface area contributed by atoms with Crippen LogP contribution in [0.2, 0.25) is 0 Å². The van der Waals surface area contributed by atoms with E-state index in [0.717, 1.165) is 24.8 Å². The summed E-state index contributed by atoms with van der Waals surface area (Å²) in [4.78, 5) is 36.1. The van der Waals surface area contributed by atoms with E-state index in [1.54, 1.807) is 25.1 Å². The molecule has 3 N–H and O–H groups in total. The maximum atomic E-state index is 12.7. The third-order valence-corrected chi connectivity index (χ3v) is 5.74. The van der Waals surface area contributed by atoms with Gasteiger partial charge in [0.05, 0.1) is 17.5 Å². The summed E-state index contributed by atoms with van der Waals surface area (Å²) >= 11 is 0. The lowest BCUT2D eigenvalue weighted by Gasteiger charge is -2.24. The number of hydrogen-bond donors (Lipinski definition) is 3. The Morgan fingerprint density at radius 2 is 1.72 bits per heavy atom. The Morgan fingerprint density at radius 1 is 1.03 bits per heavy atom. The molecule has 0 saturated heterocycles. The number of carboxylic acids is 1. The average Bonchev–Trinajstić information content (AvgIpc) is 2.79. The molecule has 1 aliphatic rings. The largest absolute Gasteiger partial charge is 0.481 e. The van der Waals surface area contributed by atoms with Crippen LogP contribution in [0.5, 0.6) is 0 Å². The Balaban J connectivity index is 1.88. The van der Waals surface area contributed by atoms with Crippen molar-refractivity contribution in [3.05, 3.63) is 42.0 Å². The maximum Gasteiger partial charge on any atom is 0.307 e. The highest BCUT2D eigenvalue weighted by molar-refractivity contribution is 6.01. The first-order valence-electron chi connectivity index (χ1n) is 11.5. The van der Waals surface area contributed by atoms with Gasteiger partial charge in [0.1, 0.15) is 0 Å². The molecule has 7 heteroatoms. The standard InChI is InChI=1S/C25H35N3O4/c1-3-4-5-6-7-8-16-23(29)28-27-18(2)19-12-11-13-20(17-19)26-24(30)21-14-9-10-15-22(21)25(31)32/h9-13,17,21-22H,3-8,14-16H2,1-2H3,(H,26,30)(H,28,29)(H,31,32)/b27-18-/t21-,22-/m1/s1. The fourth-order valence-electron chi connectivity index (χ4n) is 3.77. The van der Waals surface area contributed by atoms with E-state index in [4.69, 9.17) is 0 Å². The predicted octanol–water partition coefficient (Wildman–Crippen LogP) is 4.88. The Morgan fingerprint density at radius 3 is 2.44 bits per heavy atom. The van der Waals surface area contributed by atoms with E-state index in [-0.39, 0.29) is 11.8 Å². The molecular formula is C25H35N3O4. The van der Waals surface area contributed by atoms with Crippen LogP contribution in [0.1, 0.15) is 77.2 Å². The van der Waals surface area contributed by atoms with Gasteiger partial charge in [-0.05, 0) is 43.9 Å². The van der Waals surface area contributed by atoms with Crippen molar-refractivity contribution >= 4 is 29.2 Å². The molecule has 0 fully saturated rings. The highest BCUT2D eigenvalue weighted by atomic mass is 16.4. The van der Waals surface area contributed by atoms with Crippen molar-refractivity contribution in [3.63, 3.8) is 0 Å². The first-order chi connectivity index (χ1) is 15.4. The second-order valence-electron chi connectivity index (χ2n) is 8.31. The summed E-state index contributed by atoms with van der Waals surface area (Å²) in [5.74, 6) is -2.68. The molecule has 0 aromatic heterocycles. The average molecular weight is 442 g/mol. The number of anilines is 1. The summed E-state index contributed by atoms with van der Waals surface area (Å²) in [7, 11) is 0. The van der Waals surface area contributed by atoms with Gasteiger partial charge in [0, 0.05) is 12.1 Å². The number of carbonyl (C=O) groups is 3. The van der Waals surface area contributed by atoms with E-state index in [1.807, 2.05) is 18.2 Å². The number of carbonyl (C=O) groups excluding carboxylic acids is 2. The van der Waals surface area contributed by atoms with Crippen LogP contribution in [0.15, 0.2) is 41.5 Å². The fraction of sp³-hybridized carbons (Fsp3) is 0.520. The zero-order chi connectivity index (χ0) is 23.3. The molecule has 2 atom stereocenters. The molecule has 0 unspecified atom stereocenters. The van der Waals surface area contributed by atoms with E-state index in [0.29, 0.717) is 30.7 Å². The van der Waals surface area contributed by atoms with Crippen LogP contribution in [0.4, 0.5) is 5.69 Å². The SMILES string of the molecule is CCCCCCCCC(=O)N/N=C(/C)c1cccc(NC(=O)[C@@H]2CC=CC[C@H]2C(=O)O)c1. The van der Waals surface area contributed by atoms with Gasteiger partial charge in [-0.1, -0.05) is 63.3 Å². The molecule has 0 spiro atoms. The van der Waals surface area contributed by atoms with Crippen LogP contribution >= 0.6 is 0 Å². The lowest BCUT2D eigenvalue weighted by molar-refractivity contribution is -0.146. The van der Waals surface area contributed by atoms with Crippen LogP contribution in [0.25, 0.3) is 0 Å². The molecule has 0 saturated carbocycles. The minimum Gasteiger partial charge on any atom is -0.481 e. The number of aliphatic carboxylic acids is 1. The monoisotopic (exact) mass is 441 g/mol. The van der Waals surface area contributed by atoms with Gasteiger partial charge >= 0.3 is 5.97 Å². The van der Waals surface area contributed by atoms with Crippen molar-refractivity contribution in [3.8, 4) is 0 Å². The van der Waals surface area contributed by atoms with Gasteiger partial charge in [0.15, 0.2) is 0 Å². The molecule has 2 amide bonds. The lowest BCUT2D eigenvalue weighted by atomic mass is 9.82. The van der Waals surface area contributed by atoms with E-state index in [1.165, 1.54) is 19.3 Å². The first kappa shape index (κ1) is 25.3. The lowest BCUT2D eigenvalue weighted by Crippen LogP contribution is -2.34. The van der Waals surface area contributed by atoms with Crippen LogP contribution in [-0.4, -0.2) is 28.6 Å². The van der Waals surface area contributed by atoms with Crippen LogP contribution < -0.4 is 10.7 Å². The smallest absolute Gasteiger partial charge is 0.307 e. The number of nitrogens with one attached hydrogen (secondary N) is 2. The number of amides is 2. The molecule has 1 aliphatic carbocycles. The summed E-state index contributed by atoms with van der Waals surface area (Å²) in [6.45, 7) is 3.97. The van der Waals surface area contributed by atoms with Gasteiger partial charge in [-0.25, -0.2) is 5.43 Å². The van der Waals surface area contributed by atoms with Crippen LogP contribution in [-0.2, 0) is 14.4 Å². The third-order valence-electron chi connectivity index (χ3n) is 5.74. The molecular weight excluding hydrogens is 406 g/mol. The summed E-state index contributed by atoms with van der Waals surface area (Å²) in [5.41, 5.74) is 4.56. The topological polar surface area (TPSA) is 108 Å². The Bertz CT molecular complexity index is 847. The van der Waals surface area contributed by atoms with Crippen molar-refractivity contribution in [1.82, 2.24) is 5.43 Å². The molecule has 0 heterocycles. The van der Waals surface area contributed by atoms with E-state index in [9.17, 15) is 19.5 Å². The van der Waals surface area contributed by atoms with Crippen molar-refractivity contribution in [2.24, 2.45) is 16.9 Å². The van der Waals surface area contributed by atoms with Gasteiger partial charge in [-0.2, -0.15) is 5.10 Å². The first-order valence-corrected chi connectivity index (χ1v) is 11.5. The second kappa shape index (κ2) is 13.5. The molecule has 1 aromatic rings. The molecule has 0 radical (unpaired) electrons. The number of hydrazone groups is 1. The predicted molar refractivity (Wildman–Crippen MR) is 126 cm³/mol. The Kier molecular flexibility index (Phi) is 10.6. The molecule has 0 aliphatic heterocycles. The Labute approximate surface area is 190 Å².